The van der Waals surface area contributed by atoms with Crippen LogP contribution < -0.4 is 10.2 Å². The number of nitrogens with one attached hydrogen (secondary N) is 1. The van der Waals surface area contributed by atoms with Crippen molar-refractivity contribution in [3.63, 3.8) is 0 Å². The maximum Gasteiger partial charge on any atom is 0.191 e. The molecule has 0 spiro atoms. The van der Waals surface area contributed by atoms with Crippen LogP contribution >= 0.6 is 11.8 Å². The number of anilines is 3. The highest BCUT2D eigenvalue weighted by Crippen LogP contribution is 2.26. The lowest BCUT2D eigenvalue weighted by Crippen LogP contribution is -2.13. The molecule has 5 heteroatoms. The van der Waals surface area contributed by atoms with Crippen molar-refractivity contribution in [1.82, 2.24) is 9.97 Å². The zero-order chi connectivity index (χ0) is 15.2. The summed E-state index contributed by atoms with van der Waals surface area (Å²) < 4.78 is 0. The fourth-order valence-electron chi connectivity index (χ4n) is 1.99. The molecule has 2 aromatic rings. The van der Waals surface area contributed by atoms with Gasteiger partial charge in [-0.25, -0.2) is 9.97 Å². The van der Waals surface area contributed by atoms with E-state index in [1.165, 1.54) is 5.56 Å². The molecule has 1 aromatic heterocycles. The lowest BCUT2D eigenvalue weighted by Gasteiger charge is -2.20. The van der Waals surface area contributed by atoms with Crippen molar-refractivity contribution in [1.29, 1.82) is 0 Å². The normalized spacial score (nSPS) is 10.5. The predicted molar refractivity (Wildman–Crippen MR) is 91.8 cm³/mol. The molecule has 2 rings (SSSR count). The topological polar surface area (TPSA) is 41.0 Å². The minimum absolute atomic E-state index is 0.783. The third kappa shape index (κ3) is 4.11. The van der Waals surface area contributed by atoms with Gasteiger partial charge < -0.3 is 10.2 Å². The Balaban J connectivity index is 2.32. The van der Waals surface area contributed by atoms with Crippen LogP contribution in [0.2, 0.25) is 0 Å². The first kappa shape index (κ1) is 15.6. The number of nitrogens with zero attached hydrogens (tertiary/aromatic N) is 3. The third-order valence-corrected chi connectivity index (χ3v) is 3.71. The van der Waals surface area contributed by atoms with Gasteiger partial charge >= 0.3 is 0 Å². The van der Waals surface area contributed by atoms with Crippen molar-refractivity contribution in [2.75, 3.05) is 30.1 Å². The summed E-state index contributed by atoms with van der Waals surface area (Å²) >= 11 is 1.56. The van der Waals surface area contributed by atoms with Gasteiger partial charge in [-0.15, -0.1) is 0 Å². The zero-order valence-corrected chi connectivity index (χ0v) is 13.9. The van der Waals surface area contributed by atoms with Crippen molar-refractivity contribution in [3.8, 4) is 0 Å². The van der Waals surface area contributed by atoms with Gasteiger partial charge in [0, 0.05) is 25.3 Å². The summed E-state index contributed by atoms with van der Waals surface area (Å²) in [4.78, 5) is 11.2. The van der Waals surface area contributed by atoms with E-state index in [9.17, 15) is 0 Å². The van der Waals surface area contributed by atoms with Gasteiger partial charge in [-0.05, 0) is 37.3 Å². The maximum absolute atomic E-state index is 4.60. The highest BCUT2D eigenvalue weighted by Gasteiger charge is 2.10. The molecule has 0 saturated carbocycles. The van der Waals surface area contributed by atoms with Gasteiger partial charge in [-0.1, -0.05) is 30.8 Å². The Hall–Kier alpha value is -1.75. The molecule has 0 amide bonds. The number of benzene rings is 1. The van der Waals surface area contributed by atoms with Crippen molar-refractivity contribution < 1.29 is 0 Å². The average molecular weight is 302 g/mol. The fourth-order valence-corrected chi connectivity index (χ4v) is 2.36. The van der Waals surface area contributed by atoms with Crippen LogP contribution in [0.25, 0.3) is 0 Å². The van der Waals surface area contributed by atoms with Gasteiger partial charge in [0.05, 0.1) is 0 Å². The Morgan fingerprint density at radius 3 is 2.71 bits per heavy atom. The molecule has 112 valence electrons. The first-order valence-corrected chi connectivity index (χ1v) is 8.34. The van der Waals surface area contributed by atoms with Crippen molar-refractivity contribution in [2.45, 2.75) is 25.4 Å². The molecule has 0 atom stereocenters. The minimum atomic E-state index is 0.783. The van der Waals surface area contributed by atoms with E-state index >= 15 is 0 Å². The molecule has 0 aliphatic rings. The summed E-state index contributed by atoms with van der Waals surface area (Å²) in [5, 5.41) is 4.12. The SMILES string of the molecule is CCCNc1cc(N(C)c2cccc(C)c2)nc(SC)n1. The summed E-state index contributed by atoms with van der Waals surface area (Å²) in [7, 11) is 2.03. The van der Waals surface area contributed by atoms with Gasteiger partial charge in [-0.3, -0.25) is 0 Å². The molecule has 0 bridgehead atoms. The van der Waals surface area contributed by atoms with E-state index in [2.05, 4.69) is 58.3 Å². The van der Waals surface area contributed by atoms with Crippen LogP contribution in [0.3, 0.4) is 0 Å². The van der Waals surface area contributed by atoms with E-state index < -0.39 is 0 Å². The van der Waals surface area contributed by atoms with Crippen LogP contribution in [0, 0.1) is 6.92 Å². The van der Waals surface area contributed by atoms with Gasteiger partial charge in [0.25, 0.3) is 0 Å². The van der Waals surface area contributed by atoms with E-state index in [1.807, 2.05) is 19.4 Å². The number of aryl methyl sites for hydroxylation is 1. The van der Waals surface area contributed by atoms with Crippen LogP contribution in [-0.4, -0.2) is 29.8 Å². The molecule has 0 unspecified atom stereocenters. The number of aromatic nitrogens is 2. The van der Waals surface area contributed by atoms with Crippen LogP contribution in [0.5, 0.6) is 0 Å². The van der Waals surface area contributed by atoms with Gasteiger partial charge in [0.15, 0.2) is 5.16 Å². The lowest BCUT2D eigenvalue weighted by atomic mass is 10.2. The Kier molecular flexibility index (Phi) is 5.44. The number of thioether (sulfide) groups is 1. The monoisotopic (exact) mass is 302 g/mol. The average Bonchev–Trinajstić information content (AvgIpc) is 2.51. The van der Waals surface area contributed by atoms with E-state index in [0.29, 0.717) is 0 Å². The Bertz CT molecular complexity index is 601. The highest BCUT2D eigenvalue weighted by atomic mass is 32.2. The number of hydrogen-bond acceptors (Lipinski definition) is 5. The Labute approximate surface area is 131 Å². The van der Waals surface area contributed by atoms with Crippen LogP contribution in [-0.2, 0) is 0 Å². The Morgan fingerprint density at radius 1 is 1.24 bits per heavy atom. The fraction of sp³-hybridized carbons (Fsp3) is 0.375. The van der Waals surface area contributed by atoms with Crippen LogP contribution in [0.15, 0.2) is 35.5 Å². The summed E-state index contributed by atoms with van der Waals surface area (Å²) in [6.45, 7) is 5.15. The number of rotatable bonds is 6. The first-order valence-electron chi connectivity index (χ1n) is 7.11. The minimum Gasteiger partial charge on any atom is -0.370 e. The molecule has 0 radical (unpaired) electrons. The molecule has 21 heavy (non-hydrogen) atoms. The quantitative estimate of drug-likeness (QED) is 0.643. The second kappa shape index (κ2) is 7.31. The molecule has 1 heterocycles. The van der Waals surface area contributed by atoms with Crippen molar-refractivity contribution in [2.24, 2.45) is 0 Å². The summed E-state index contributed by atoms with van der Waals surface area (Å²) in [6.07, 6.45) is 3.07. The van der Waals surface area contributed by atoms with E-state index in [0.717, 1.165) is 35.4 Å². The maximum atomic E-state index is 4.60. The standard InChI is InChI=1S/C16H22N4S/c1-5-9-17-14-11-15(19-16(18-14)21-4)20(3)13-8-6-7-12(2)10-13/h6-8,10-11H,5,9H2,1-4H3,(H,17,18,19). The van der Waals surface area contributed by atoms with Crippen LogP contribution in [0.4, 0.5) is 17.3 Å². The van der Waals surface area contributed by atoms with E-state index in [-0.39, 0.29) is 0 Å². The smallest absolute Gasteiger partial charge is 0.191 e. The molecule has 4 nitrogen and oxygen atoms in total. The molecule has 0 aliphatic heterocycles. The summed E-state index contributed by atoms with van der Waals surface area (Å²) in [5.74, 6) is 1.78. The molecule has 1 N–H and O–H groups in total. The molecular formula is C16H22N4S. The molecule has 0 saturated heterocycles. The molecule has 0 aliphatic carbocycles. The van der Waals surface area contributed by atoms with E-state index in [4.69, 9.17) is 0 Å². The second-order valence-electron chi connectivity index (χ2n) is 4.92. The Morgan fingerprint density at radius 2 is 2.05 bits per heavy atom. The van der Waals surface area contributed by atoms with Crippen molar-refractivity contribution in [3.05, 3.63) is 35.9 Å². The molecule has 0 fully saturated rings. The van der Waals surface area contributed by atoms with Gasteiger partial charge in [0.1, 0.15) is 11.6 Å². The summed E-state index contributed by atoms with van der Waals surface area (Å²) in [5.41, 5.74) is 2.37. The number of hydrogen-bond donors (Lipinski definition) is 1. The zero-order valence-electron chi connectivity index (χ0n) is 13.1. The first-order chi connectivity index (χ1) is 10.1. The predicted octanol–water partition coefficient (Wildman–Crippen LogP) is 4.10. The van der Waals surface area contributed by atoms with Crippen molar-refractivity contribution >= 4 is 29.1 Å². The lowest BCUT2D eigenvalue weighted by molar-refractivity contribution is 0.916. The highest BCUT2D eigenvalue weighted by molar-refractivity contribution is 7.98. The van der Waals surface area contributed by atoms with Crippen LogP contribution in [0.1, 0.15) is 18.9 Å². The van der Waals surface area contributed by atoms with Gasteiger partial charge in [-0.2, -0.15) is 0 Å². The largest absolute Gasteiger partial charge is 0.370 e. The second-order valence-corrected chi connectivity index (χ2v) is 5.70. The third-order valence-electron chi connectivity index (χ3n) is 3.16. The summed E-state index contributed by atoms with van der Waals surface area (Å²) in [6, 6.07) is 10.4. The van der Waals surface area contributed by atoms with E-state index in [1.54, 1.807) is 11.8 Å². The molecular weight excluding hydrogens is 280 g/mol. The van der Waals surface area contributed by atoms with Gasteiger partial charge in [0.2, 0.25) is 0 Å². The molecule has 1 aromatic carbocycles.